The predicted molar refractivity (Wildman–Crippen MR) is 54.5 cm³/mol. The molecular formula is C10H22N2O. The summed E-state index contributed by atoms with van der Waals surface area (Å²) in [4.78, 5) is 2.32. The smallest absolute Gasteiger partial charge is 0.0743 e. The molecule has 0 aromatic carbocycles. The van der Waals surface area contributed by atoms with Crippen LogP contribution >= 0.6 is 0 Å². The summed E-state index contributed by atoms with van der Waals surface area (Å²) in [7, 11) is 0. The van der Waals surface area contributed by atoms with Crippen molar-refractivity contribution in [2.24, 2.45) is 11.7 Å². The first-order chi connectivity index (χ1) is 6.07. The van der Waals surface area contributed by atoms with Gasteiger partial charge in [-0.15, -0.1) is 0 Å². The van der Waals surface area contributed by atoms with Gasteiger partial charge >= 0.3 is 0 Å². The summed E-state index contributed by atoms with van der Waals surface area (Å²) >= 11 is 0. The van der Waals surface area contributed by atoms with Crippen LogP contribution in [0.3, 0.4) is 0 Å². The van der Waals surface area contributed by atoms with Crippen LogP contribution in [0.5, 0.6) is 0 Å². The number of hydrogen-bond donors (Lipinski definition) is 2. The van der Waals surface area contributed by atoms with E-state index in [4.69, 9.17) is 5.73 Å². The SMILES string of the molecule is CCC(C)(O)CN1CCC(CN)C1. The van der Waals surface area contributed by atoms with Gasteiger partial charge in [-0.05, 0) is 38.8 Å². The Bertz CT molecular complexity index is 159. The molecule has 1 fully saturated rings. The summed E-state index contributed by atoms with van der Waals surface area (Å²) in [6, 6.07) is 0. The molecule has 0 bridgehead atoms. The largest absolute Gasteiger partial charge is 0.389 e. The molecule has 0 aromatic heterocycles. The van der Waals surface area contributed by atoms with Gasteiger partial charge in [0.15, 0.2) is 0 Å². The molecule has 1 rings (SSSR count). The standard InChI is InChI=1S/C10H22N2O/c1-3-10(2,13)8-12-5-4-9(6-11)7-12/h9,13H,3-8,11H2,1-2H3. The molecule has 0 aliphatic carbocycles. The fourth-order valence-corrected chi connectivity index (χ4v) is 1.84. The minimum atomic E-state index is -0.524. The summed E-state index contributed by atoms with van der Waals surface area (Å²) < 4.78 is 0. The van der Waals surface area contributed by atoms with E-state index in [0.717, 1.165) is 32.6 Å². The van der Waals surface area contributed by atoms with E-state index in [-0.39, 0.29) is 0 Å². The third-order valence-corrected chi connectivity index (χ3v) is 3.03. The predicted octanol–water partition coefficient (Wildman–Crippen LogP) is 0.428. The van der Waals surface area contributed by atoms with E-state index in [2.05, 4.69) is 4.90 Å². The van der Waals surface area contributed by atoms with Crippen LogP contribution in [0.25, 0.3) is 0 Å². The minimum Gasteiger partial charge on any atom is -0.389 e. The highest BCUT2D eigenvalue weighted by molar-refractivity contribution is 4.82. The molecular weight excluding hydrogens is 164 g/mol. The summed E-state index contributed by atoms with van der Waals surface area (Å²) in [5, 5.41) is 9.87. The van der Waals surface area contributed by atoms with Gasteiger partial charge in [0.05, 0.1) is 5.60 Å². The maximum absolute atomic E-state index is 9.87. The van der Waals surface area contributed by atoms with Crippen LogP contribution in [0, 0.1) is 5.92 Å². The van der Waals surface area contributed by atoms with Gasteiger partial charge in [0.25, 0.3) is 0 Å². The lowest BCUT2D eigenvalue weighted by Gasteiger charge is -2.27. The Kier molecular flexibility index (Phi) is 3.71. The molecule has 2 unspecified atom stereocenters. The molecule has 78 valence electrons. The van der Waals surface area contributed by atoms with Crippen molar-refractivity contribution in [1.82, 2.24) is 4.90 Å². The molecule has 1 aliphatic heterocycles. The molecule has 1 saturated heterocycles. The zero-order valence-electron chi connectivity index (χ0n) is 8.79. The van der Waals surface area contributed by atoms with Gasteiger partial charge in [-0.25, -0.2) is 0 Å². The third-order valence-electron chi connectivity index (χ3n) is 3.03. The second-order valence-electron chi connectivity index (χ2n) is 4.48. The summed E-state index contributed by atoms with van der Waals surface area (Å²) in [5.74, 6) is 0.646. The van der Waals surface area contributed by atoms with Crippen molar-refractivity contribution in [3.63, 3.8) is 0 Å². The van der Waals surface area contributed by atoms with Gasteiger partial charge in [0.1, 0.15) is 0 Å². The van der Waals surface area contributed by atoms with E-state index in [1.807, 2.05) is 13.8 Å². The molecule has 2 atom stereocenters. The summed E-state index contributed by atoms with van der Waals surface area (Å²) in [6.07, 6.45) is 2.01. The van der Waals surface area contributed by atoms with Crippen LogP contribution in [0.2, 0.25) is 0 Å². The van der Waals surface area contributed by atoms with Crippen molar-refractivity contribution in [3.05, 3.63) is 0 Å². The molecule has 0 saturated carbocycles. The van der Waals surface area contributed by atoms with Gasteiger partial charge in [0, 0.05) is 13.1 Å². The number of nitrogens with two attached hydrogens (primary N) is 1. The van der Waals surface area contributed by atoms with Gasteiger partial charge < -0.3 is 15.7 Å². The number of rotatable bonds is 4. The number of hydrogen-bond acceptors (Lipinski definition) is 3. The first kappa shape index (κ1) is 11.0. The van der Waals surface area contributed by atoms with Crippen molar-refractivity contribution in [2.75, 3.05) is 26.2 Å². The van der Waals surface area contributed by atoms with Crippen LogP contribution in [0.15, 0.2) is 0 Å². The van der Waals surface area contributed by atoms with E-state index in [9.17, 15) is 5.11 Å². The highest BCUT2D eigenvalue weighted by atomic mass is 16.3. The molecule has 13 heavy (non-hydrogen) atoms. The molecule has 3 heteroatoms. The second-order valence-corrected chi connectivity index (χ2v) is 4.48. The number of β-amino-alcohol motifs (C(OH)–C–C–N with tert-alkyl or cyclic N) is 1. The van der Waals surface area contributed by atoms with Crippen LogP contribution < -0.4 is 5.73 Å². The molecule has 1 heterocycles. The number of nitrogens with zero attached hydrogens (tertiary/aromatic N) is 1. The van der Waals surface area contributed by atoms with Crippen molar-refractivity contribution in [1.29, 1.82) is 0 Å². The van der Waals surface area contributed by atoms with Crippen LogP contribution in [0.4, 0.5) is 0 Å². The summed E-state index contributed by atoms with van der Waals surface area (Å²) in [6.45, 7) is 7.66. The maximum Gasteiger partial charge on any atom is 0.0743 e. The average molecular weight is 186 g/mol. The molecule has 1 aliphatic rings. The van der Waals surface area contributed by atoms with E-state index < -0.39 is 5.60 Å². The molecule has 0 aromatic rings. The van der Waals surface area contributed by atoms with E-state index in [1.54, 1.807) is 0 Å². The van der Waals surface area contributed by atoms with Crippen LogP contribution in [0.1, 0.15) is 26.7 Å². The molecule has 3 nitrogen and oxygen atoms in total. The summed E-state index contributed by atoms with van der Waals surface area (Å²) in [5.41, 5.74) is 5.08. The van der Waals surface area contributed by atoms with Crippen LogP contribution in [-0.2, 0) is 0 Å². The highest BCUT2D eigenvalue weighted by Crippen LogP contribution is 2.19. The van der Waals surface area contributed by atoms with E-state index in [1.165, 1.54) is 6.42 Å². The van der Waals surface area contributed by atoms with Crippen molar-refractivity contribution < 1.29 is 5.11 Å². The maximum atomic E-state index is 9.87. The first-order valence-corrected chi connectivity index (χ1v) is 5.22. The second kappa shape index (κ2) is 4.40. The zero-order chi connectivity index (χ0) is 9.90. The number of aliphatic hydroxyl groups is 1. The lowest BCUT2D eigenvalue weighted by molar-refractivity contribution is 0.0222. The fraction of sp³-hybridized carbons (Fsp3) is 1.00. The van der Waals surface area contributed by atoms with Gasteiger partial charge in [0.2, 0.25) is 0 Å². The Balaban J connectivity index is 2.31. The Hall–Kier alpha value is -0.120. The van der Waals surface area contributed by atoms with Gasteiger partial charge in [-0.3, -0.25) is 0 Å². The van der Waals surface area contributed by atoms with E-state index >= 15 is 0 Å². The minimum absolute atomic E-state index is 0.524. The quantitative estimate of drug-likeness (QED) is 0.669. The lowest BCUT2D eigenvalue weighted by Crippen LogP contribution is -2.39. The molecule has 0 spiro atoms. The van der Waals surface area contributed by atoms with Crippen molar-refractivity contribution in [2.45, 2.75) is 32.3 Å². The highest BCUT2D eigenvalue weighted by Gasteiger charge is 2.27. The number of likely N-dealkylation sites (tertiary alicyclic amines) is 1. The Morgan fingerprint density at radius 2 is 2.31 bits per heavy atom. The average Bonchev–Trinajstić information content (AvgIpc) is 2.52. The third kappa shape index (κ3) is 3.25. The monoisotopic (exact) mass is 186 g/mol. The Labute approximate surface area is 80.9 Å². The molecule has 0 amide bonds. The van der Waals surface area contributed by atoms with Gasteiger partial charge in [-0.1, -0.05) is 6.92 Å². The van der Waals surface area contributed by atoms with Crippen LogP contribution in [-0.4, -0.2) is 41.8 Å². The van der Waals surface area contributed by atoms with Crippen molar-refractivity contribution >= 4 is 0 Å². The topological polar surface area (TPSA) is 49.5 Å². The molecule has 3 N–H and O–H groups in total. The fourth-order valence-electron chi connectivity index (χ4n) is 1.84. The normalized spacial score (nSPS) is 29.1. The van der Waals surface area contributed by atoms with E-state index in [0.29, 0.717) is 5.92 Å². The zero-order valence-corrected chi connectivity index (χ0v) is 8.79. The van der Waals surface area contributed by atoms with Gasteiger partial charge in [-0.2, -0.15) is 0 Å². The first-order valence-electron chi connectivity index (χ1n) is 5.22. The Morgan fingerprint density at radius 1 is 1.62 bits per heavy atom. The lowest BCUT2D eigenvalue weighted by atomic mass is 10.0. The Morgan fingerprint density at radius 3 is 2.77 bits per heavy atom. The molecule has 0 radical (unpaired) electrons. The van der Waals surface area contributed by atoms with Crippen molar-refractivity contribution in [3.8, 4) is 0 Å².